The quantitative estimate of drug-likeness (QED) is 0.107. The van der Waals surface area contributed by atoms with E-state index in [0.717, 1.165) is 5.06 Å². The summed E-state index contributed by atoms with van der Waals surface area (Å²) in [4.78, 5) is 63.2. The number of hydrogen-bond donors (Lipinski definition) is 2. The molecule has 4 heterocycles. The average Bonchev–Trinajstić information content (AvgIpc) is 3.06. The van der Waals surface area contributed by atoms with E-state index in [2.05, 4.69) is 19.9 Å². The molecule has 0 spiro atoms. The number of carboxylic acids is 2. The number of carboxylic acid groups (broad SMARTS) is 2. The largest absolute Gasteiger partial charge is 0.481 e. The number of carbonyl (C=O) groups excluding carboxylic acids is 2. The van der Waals surface area contributed by atoms with E-state index in [-0.39, 0.29) is 60.3 Å². The summed E-state index contributed by atoms with van der Waals surface area (Å²) in [6.07, 6.45) is 0. The van der Waals surface area contributed by atoms with E-state index in [9.17, 15) is 19.2 Å². The Hall–Kier alpha value is -4.51. The van der Waals surface area contributed by atoms with Crippen LogP contribution in [0.3, 0.4) is 0 Å². The number of aromatic nitrogens is 4. The lowest BCUT2D eigenvalue weighted by atomic mass is 10.2. The highest BCUT2D eigenvalue weighted by molar-refractivity contribution is 6.33. The Morgan fingerprint density at radius 1 is 0.540 bits per heavy atom. The Labute approximate surface area is 310 Å². The highest BCUT2D eigenvalue weighted by Crippen LogP contribution is 2.19. The van der Waals surface area contributed by atoms with Crippen molar-refractivity contribution in [3.63, 3.8) is 0 Å². The van der Waals surface area contributed by atoms with Crippen LogP contribution in [0.4, 0.5) is 0 Å². The van der Waals surface area contributed by atoms with Crippen LogP contribution in [0.2, 0.25) is 25.8 Å². The van der Waals surface area contributed by atoms with Gasteiger partial charge in [-0.3, -0.25) is 14.4 Å². The molecule has 4 aromatic rings. The number of hydrogen-bond acceptors (Lipinski definition) is 12. The van der Waals surface area contributed by atoms with Crippen molar-refractivity contribution in [2.24, 2.45) is 0 Å². The Balaban J connectivity index is 0.000000336. The van der Waals surface area contributed by atoms with Gasteiger partial charge in [0.15, 0.2) is 5.78 Å². The molecule has 20 heteroatoms. The summed E-state index contributed by atoms with van der Waals surface area (Å²) in [7, 11) is 7.22. The van der Waals surface area contributed by atoms with Crippen LogP contribution in [-0.2, 0) is 4.84 Å². The van der Waals surface area contributed by atoms with Gasteiger partial charge in [-0.25, -0.2) is 34.6 Å². The molecule has 15 nitrogen and oxygen atoms in total. The summed E-state index contributed by atoms with van der Waals surface area (Å²) in [5.74, 6) is -1.67. The molecule has 0 unspecified atom stereocenters. The van der Waals surface area contributed by atoms with Crippen LogP contribution in [0, 0.1) is 0 Å². The standard InChI is InChI=1S/C9H11ClN2O3.C8H8ClNO2.C7H6ClNO3.C6H3Cl2NO2/c1-12(15-3)9(13)6-4-7(10)11-8(5-6)14-2;1-5(11)6-3-7(9)10-8(4-6)12-2;1-12-6-3-4(7(10)11)2-5(8)9-6;7-4-1-3(6(10)11)2-5(8)9-4/h4-5H,1-3H3;3-4H,1-2H3;2-3H,1H3,(H,10,11);1-2H,(H,10,11). The highest BCUT2D eigenvalue weighted by atomic mass is 35.5. The fraction of sp³-hybridized carbons (Fsp3) is 0.200. The Bertz CT molecular complexity index is 1730. The van der Waals surface area contributed by atoms with E-state index < -0.39 is 11.9 Å². The minimum Gasteiger partial charge on any atom is -0.481 e. The van der Waals surface area contributed by atoms with Crippen LogP contribution in [0.25, 0.3) is 0 Å². The molecule has 268 valence electrons. The zero-order chi connectivity index (χ0) is 38.1. The summed E-state index contributed by atoms with van der Waals surface area (Å²) in [5, 5.41) is 18.9. The first-order valence-electron chi connectivity index (χ1n) is 13.2. The molecule has 0 aliphatic carbocycles. The van der Waals surface area contributed by atoms with Crippen molar-refractivity contribution in [1.29, 1.82) is 0 Å². The van der Waals surface area contributed by atoms with Gasteiger partial charge < -0.3 is 24.4 Å². The molecule has 0 aliphatic heterocycles. The van der Waals surface area contributed by atoms with Gasteiger partial charge in [0.25, 0.3) is 5.91 Å². The van der Waals surface area contributed by atoms with Gasteiger partial charge in [-0.2, -0.15) is 0 Å². The van der Waals surface area contributed by atoms with Crippen molar-refractivity contribution in [2.45, 2.75) is 6.92 Å². The van der Waals surface area contributed by atoms with Crippen LogP contribution in [0.1, 0.15) is 48.4 Å². The van der Waals surface area contributed by atoms with E-state index >= 15 is 0 Å². The van der Waals surface area contributed by atoms with Crippen molar-refractivity contribution >= 4 is 81.6 Å². The second-order valence-corrected chi connectivity index (χ2v) is 10.8. The third kappa shape index (κ3) is 15.4. The fourth-order valence-corrected chi connectivity index (χ4v) is 4.10. The van der Waals surface area contributed by atoms with E-state index in [1.165, 1.54) is 84.9 Å². The fourth-order valence-electron chi connectivity index (χ4n) is 3.04. The average molecular weight is 796 g/mol. The lowest BCUT2D eigenvalue weighted by Crippen LogP contribution is -2.25. The molecule has 0 fully saturated rings. The number of nitrogens with zero attached hydrogens (tertiary/aromatic N) is 5. The van der Waals surface area contributed by atoms with Crippen molar-refractivity contribution in [2.75, 3.05) is 35.5 Å². The minimum atomic E-state index is -1.07. The molecule has 50 heavy (non-hydrogen) atoms. The third-order valence-corrected chi connectivity index (χ3v) is 6.38. The van der Waals surface area contributed by atoms with Crippen LogP contribution in [-0.4, -0.2) is 94.3 Å². The molecule has 4 aromatic heterocycles. The molecule has 2 N–H and O–H groups in total. The first-order valence-corrected chi connectivity index (χ1v) is 15.1. The number of hydroxylamine groups is 2. The number of aromatic carboxylic acids is 2. The maximum absolute atomic E-state index is 11.7. The number of halogens is 5. The normalized spacial score (nSPS) is 9.66. The molecule has 0 aromatic carbocycles. The summed E-state index contributed by atoms with van der Waals surface area (Å²) in [6.45, 7) is 1.46. The topological polar surface area (TPSA) is 200 Å². The van der Waals surface area contributed by atoms with Crippen LogP contribution >= 0.6 is 58.0 Å². The summed E-state index contributed by atoms with van der Waals surface area (Å²) in [6, 6.07) is 11.0. The molecule has 0 bridgehead atoms. The molecular formula is C30H28Cl5N5O10. The number of rotatable bonds is 8. The van der Waals surface area contributed by atoms with Crippen molar-refractivity contribution in [1.82, 2.24) is 25.0 Å². The van der Waals surface area contributed by atoms with Crippen LogP contribution in [0.5, 0.6) is 17.6 Å². The second-order valence-electron chi connectivity index (χ2n) is 8.82. The maximum atomic E-state index is 11.7. The predicted octanol–water partition coefficient (Wildman–Crippen LogP) is 6.85. The first-order chi connectivity index (χ1) is 23.4. The Kier molecular flexibility index (Phi) is 18.8. The number of carbonyl (C=O) groups is 4. The summed E-state index contributed by atoms with van der Waals surface area (Å²) < 4.78 is 14.5. The van der Waals surface area contributed by atoms with Gasteiger partial charge in [0.1, 0.15) is 25.8 Å². The number of ketones is 1. The van der Waals surface area contributed by atoms with Crippen molar-refractivity contribution < 1.29 is 48.4 Å². The third-order valence-electron chi connectivity index (χ3n) is 5.41. The zero-order valence-corrected chi connectivity index (χ0v) is 30.7. The van der Waals surface area contributed by atoms with Crippen molar-refractivity contribution in [3.8, 4) is 17.6 Å². The molecule has 0 aliphatic rings. The van der Waals surface area contributed by atoms with E-state index in [4.69, 9.17) is 87.3 Å². The lowest BCUT2D eigenvalue weighted by molar-refractivity contribution is -0.0757. The van der Waals surface area contributed by atoms with Gasteiger partial charge in [-0.1, -0.05) is 58.0 Å². The van der Waals surface area contributed by atoms with Crippen LogP contribution in [0.15, 0.2) is 48.5 Å². The zero-order valence-electron chi connectivity index (χ0n) is 26.9. The van der Waals surface area contributed by atoms with Gasteiger partial charge >= 0.3 is 11.9 Å². The summed E-state index contributed by atoms with van der Waals surface area (Å²) in [5.41, 5.74) is 0.963. The number of pyridine rings is 4. The highest BCUT2D eigenvalue weighted by Gasteiger charge is 2.14. The molecule has 4 rings (SSSR count). The SMILES string of the molecule is COc1cc(C(=O)N(C)OC)cc(Cl)n1.COc1cc(C(=O)O)cc(Cl)n1.COc1cc(C(C)=O)cc(Cl)n1.O=C(O)c1cc(Cl)nc(Cl)c1. The number of ether oxygens (including phenoxy) is 3. The minimum absolute atomic E-state index is 0.0370. The molecule has 0 atom stereocenters. The number of amides is 1. The Morgan fingerprint density at radius 2 is 0.840 bits per heavy atom. The predicted molar refractivity (Wildman–Crippen MR) is 185 cm³/mol. The van der Waals surface area contributed by atoms with Crippen LogP contribution < -0.4 is 14.2 Å². The Morgan fingerprint density at radius 3 is 1.18 bits per heavy atom. The van der Waals surface area contributed by atoms with Crippen molar-refractivity contribution in [3.05, 3.63) is 96.6 Å². The molecular weight excluding hydrogens is 768 g/mol. The van der Waals surface area contributed by atoms with Gasteiger partial charge in [-0.05, 0) is 37.3 Å². The maximum Gasteiger partial charge on any atom is 0.335 e. The van der Waals surface area contributed by atoms with Gasteiger partial charge in [0, 0.05) is 30.8 Å². The monoisotopic (exact) mass is 793 g/mol. The summed E-state index contributed by atoms with van der Waals surface area (Å²) >= 11 is 27.7. The lowest BCUT2D eigenvalue weighted by Gasteiger charge is -2.13. The molecule has 0 radical (unpaired) electrons. The van der Waals surface area contributed by atoms with Gasteiger partial charge in [0.2, 0.25) is 17.6 Å². The van der Waals surface area contributed by atoms with Gasteiger partial charge in [0.05, 0.1) is 45.1 Å². The first kappa shape index (κ1) is 43.5. The van der Waals surface area contributed by atoms with Gasteiger partial charge in [-0.15, -0.1) is 0 Å². The molecule has 0 saturated heterocycles. The van der Waals surface area contributed by atoms with E-state index in [1.807, 2.05) is 0 Å². The van der Waals surface area contributed by atoms with E-state index in [0.29, 0.717) is 17.0 Å². The van der Waals surface area contributed by atoms with E-state index in [1.54, 1.807) is 6.07 Å². The second kappa shape index (κ2) is 21.5. The number of methoxy groups -OCH3 is 3. The number of Topliss-reactive ketones (excluding diaryl/α,β-unsaturated/α-hetero) is 1. The smallest absolute Gasteiger partial charge is 0.335 e. The molecule has 0 saturated carbocycles. The molecule has 1 amide bonds.